The van der Waals surface area contributed by atoms with Crippen LogP contribution in [0.3, 0.4) is 0 Å². The predicted octanol–water partition coefficient (Wildman–Crippen LogP) is 1.86. The summed E-state index contributed by atoms with van der Waals surface area (Å²) in [5, 5.41) is 3.50. The molecule has 0 spiro atoms. The van der Waals surface area contributed by atoms with Crippen molar-refractivity contribution < 1.29 is 0 Å². The van der Waals surface area contributed by atoms with Crippen LogP contribution in [0.25, 0.3) is 0 Å². The highest BCUT2D eigenvalue weighted by atomic mass is 15.1. The average molecular weight is 196 g/mol. The molecule has 0 amide bonds. The Labute approximate surface area is 88.1 Å². The van der Waals surface area contributed by atoms with Crippen molar-refractivity contribution in [3.8, 4) is 0 Å². The molecule has 2 nitrogen and oxygen atoms in total. The minimum Gasteiger partial charge on any atom is -0.316 e. The second-order valence-electron chi connectivity index (χ2n) is 5.09. The topological polar surface area (TPSA) is 15.3 Å². The number of nitrogens with one attached hydrogen (secondary N) is 1. The van der Waals surface area contributed by atoms with Gasteiger partial charge in [-0.05, 0) is 51.7 Å². The third kappa shape index (κ3) is 2.71. The monoisotopic (exact) mass is 196 g/mol. The Morgan fingerprint density at radius 2 is 1.93 bits per heavy atom. The summed E-state index contributed by atoms with van der Waals surface area (Å²) < 4.78 is 0. The molecular formula is C12H24N2. The highest BCUT2D eigenvalue weighted by molar-refractivity contribution is 4.79. The van der Waals surface area contributed by atoms with E-state index in [4.69, 9.17) is 0 Å². The zero-order valence-electron chi connectivity index (χ0n) is 9.47. The van der Waals surface area contributed by atoms with Gasteiger partial charge in [0.2, 0.25) is 0 Å². The van der Waals surface area contributed by atoms with Crippen LogP contribution in [0.4, 0.5) is 0 Å². The van der Waals surface area contributed by atoms with Crippen molar-refractivity contribution in [3.63, 3.8) is 0 Å². The van der Waals surface area contributed by atoms with Gasteiger partial charge in [-0.25, -0.2) is 0 Å². The van der Waals surface area contributed by atoms with E-state index >= 15 is 0 Å². The summed E-state index contributed by atoms with van der Waals surface area (Å²) in [5.41, 5.74) is 0. The van der Waals surface area contributed by atoms with Gasteiger partial charge in [0.25, 0.3) is 0 Å². The zero-order valence-corrected chi connectivity index (χ0v) is 9.47. The molecule has 1 saturated heterocycles. The number of hydrogen-bond acceptors (Lipinski definition) is 2. The average Bonchev–Trinajstić information content (AvgIpc) is 2.72. The molecule has 1 heterocycles. The summed E-state index contributed by atoms with van der Waals surface area (Å²) in [7, 11) is 2.32. The van der Waals surface area contributed by atoms with Gasteiger partial charge in [0.15, 0.2) is 0 Å². The second kappa shape index (κ2) is 5.13. The molecule has 2 aliphatic rings. The SMILES string of the molecule is CN(C[C@@H]1CCCNC1)C1CCCC1. The van der Waals surface area contributed by atoms with Gasteiger partial charge in [0.1, 0.15) is 0 Å². The molecule has 1 aliphatic heterocycles. The van der Waals surface area contributed by atoms with E-state index in [0.717, 1.165) is 12.0 Å². The van der Waals surface area contributed by atoms with Crippen molar-refractivity contribution in [1.82, 2.24) is 10.2 Å². The lowest BCUT2D eigenvalue weighted by Gasteiger charge is -2.31. The lowest BCUT2D eigenvalue weighted by atomic mass is 9.98. The first-order chi connectivity index (χ1) is 6.86. The van der Waals surface area contributed by atoms with Crippen molar-refractivity contribution in [2.75, 3.05) is 26.7 Å². The van der Waals surface area contributed by atoms with Crippen LogP contribution < -0.4 is 5.32 Å². The lowest BCUT2D eigenvalue weighted by Crippen LogP contribution is -2.40. The molecule has 82 valence electrons. The lowest BCUT2D eigenvalue weighted by molar-refractivity contribution is 0.190. The molecular weight excluding hydrogens is 172 g/mol. The molecule has 1 N–H and O–H groups in total. The van der Waals surface area contributed by atoms with Crippen molar-refractivity contribution in [2.45, 2.75) is 44.6 Å². The van der Waals surface area contributed by atoms with Crippen molar-refractivity contribution >= 4 is 0 Å². The Kier molecular flexibility index (Phi) is 3.82. The fraction of sp³-hybridized carbons (Fsp3) is 1.00. The molecule has 1 saturated carbocycles. The quantitative estimate of drug-likeness (QED) is 0.741. The maximum atomic E-state index is 3.50. The number of nitrogens with zero attached hydrogens (tertiary/aromatic N) is 1. The molecule has 1 aliphatic carbocycles. The molecule has 2 fully saturated rings. The third-order valence-electron chi connectivity index (χ3n) is 3.89. The van der Waals surface area contributed by atoms with Crippen molar-refractivity contribution in [3.05, 3.63) is 0 Å². The van der Waals surface area contributed by atoms with Gasteiger partial charge in [-0.3, -0.25) is 0 Å². The van der Waals surface area contributed by atoms with E-state index in [1.165, 1.54) is 58.2 Å². The first-order valence-electron chi connectivity index (χ1n) is 6.27. The van der Waals surface area contributed by atoms with Crippen LogP contribution in [0.2, 0.25) is 0 Å². The van der Waals surface area contributed by atoms with E-state index in [0.29, 0.717) is 0 Å². The standard InChI is InChI=1S/C12H24N2/c1-14(12-6-2-3-7-12)10-11-5-4-8-13-9-11/h11-13H,2-10H2,1H3/t11-/m1/s1. The number of rotatable bonds is 3. The maximum absolute atomic E-state index is 3.50. The molecule has 0 unspecified atom stereocenters. The van der Waals surface area contributed by atoms with E-state index in [9.17, 15) is 0 Å². The molecule has 1 atom stereocenters. The van der Waals surface area contributed by atoms with E-state index in [-0.39, 0.29) is 0 Å². The highest BCUT2D eigenvalue weighted by Crippen LogP contribution is 2.23. The van der Waals surface area contributed by atoms with Gasteiger partial charge in [0.05, 0.1) is 0 Å². The molecule has 2 rings (SSSR count). The maximum Gasteiger partial charge on any atom is 0.00923 e. The van der Waals surface area contributed by atoms with Gasteiger partial charge in [-0.15, -0.1) is 0 Å². The Hall–Kier alpha value is -0.0800. The Morgan fingerprint density at radius 1 is 1.14 bits per heavy atom. The molecule has 0 aromatic rings. The van der Waals surface area contributed by atoms with Crippen LogP contribution >= 0.6 is 0 Å². The largest absolute Gasteiger partial charge is 0.316 e. The van der Waals surface area contributed by atoms with Gasteiger partial charge in [-0.1, -0.05) is 12.8 Å². The van der Waals surface area contributed by atoms with Gasteiger partial charge in [0, 0.05) is 12.6 Å². The van der Waals surface area contributed by atoms with Crippen molar-refractivity contribution in [1.29, 1.82) is 0 Å². The molecule has 14 heavy (non-hydrogen) atoms. The van der Waals surface area contributed by atoms with E-state index in [1.54, 1.807) is 0 Å². The van der Waals surface area contributed by atoms with Gasteiger partial charge < -0.3 is 10.2 Å². The minimum atomic E-state index is 0.900. The normalized spacial score (nSPS) is 30.0. The fourth-order valence-electron chi connectivity index (χ4n) is 2.98. The summed E-state index contributed by atoms with van der Waals surface area (Å²) >= 11 is 0. The van der Waals surface area contributed by atoms with Crippen LogP contribution in [0.5, 0.6) is 0 Å². The first kappa shape index (κ1) is 10.4. The zero-order chi connectivity index (χ0) is 9.80. The molecule has 2 heteroatoms. The molecule has 0 aromatic heterocycles. The van der Waals surface area contributed by atoms with E-state index in [1.807, 2.05) is 0 Å². The summed E-state index contributed by atoms with van der Waals surface area (Å²) in [6.07, 6.45) is 8.61. The van der Waals surface area contributed by atoms with E-state index < -0.39 is 0 Å². The second-order valence-corrected chi connectivity index (χ2v) is 5.09. The Bertz CT molecular complexity index is 158. The predicted molar refractivity (Wildman–Crippen MR) is 60.5 cm³/mol. The summed E-state index contributed by atoms with van der Waals surface area (Å²) in [4.78, 5) is 2.62. The highest BCUT2D eigenvalue weighted by Gasteiger charge is 2.22. The molecule has 0 bridgehead atoms. The van der Waals surface area contributed by atoms with Gasteiger partial charge >= 0.3 is 0 Å². The van der Waals surface area contributed by atoms with Gasteiger partial charge in [-0.2, -0.15) is 0 Å². The molecule has 0 radical (unpaired) electrons. The van der Waals surface area contributed by atoms with Crippen LogP contribution in [-0.2, 0) is 0 Å². The summed E-state index contributed by atoms with van der Waals surface area (Å²) in [6, 6.07) is 0.900. The van der Waals surface area contributed by atoms with E-state index in [2.05, 4.69) is 17.3 Å². The minimum absolute atomic E-state index is 0.900. The summed E-state index contributed by atoms with van der Waals surface area (Å²) in [5.74, 6) is 0.911. The Morgan fingerprint density at radius 3 is 2.57 bits per heavy atom. The van der Waals surface area contributed by atoms with Crippen LogP contribution in [0, 0.1) is 5.92 Å². The van der Waals surface area contributed by atoms with Crippen LogP contribution in [0.1, 0.15) is 38.5 Å². The Balaban J connectivity index is 1.72. The first-order valence-corrected chi connectivity index (χ1v) is 6.27. The molecule has 0 aromatic carbocycles. The third-order valence-corrected chi connectivity index (χ3v) is 3.89. The smallest absolute Gasteiger partial charge is 0.00923 e. The fourth-order valence-corrected chi connectivity index (χ4v) is 2.98. The number of piperidine rings is 1. The van der Waals surface area contributed by atoms with Crippen molar-refractivity contribution in [2.24, 2.45) is 5.92 Å². The summed E-state index contributed by atoms with van der Waals surface area (Å²) in [6.45, 7) is 3.80. The number of hydrogen-bond donors (Lipinski definition) is 1. The van der Waals surface area contributed by atoms with Crippen LogP contribution in [0.15, 0.2) is 0 Å². The van der Waals surface area contributed by atoms with Crippen LogP contribution in [-0.4, -0.2) is 37.6 Å².